The monoisotopic (exact) mass is 343 g/mol. The van der Waals surface area contributed by atoms with Crippen LogP contribution >= 0.6 is 0 Å². The Hall–Kier alpha value is -2.28. The zero-order chi connectivity index (χ0) is 18.0. The van der Waals surface area contributed by atoms with Gasteiger partial charge in [-0.2, -0.15) is 0 Å². The van der Waals surface area contributed by atoms with Crippen molar-refractivity contribution in [1.82, 2.24) is 24.8 Å². The van der Waals surface area contributed by atoms with Crippen molar-refractivity contribution in [2.24, 2.45) is 13.0 Å². The molecule has 1 N–H and O–H groups in total. The van der Waals surface area contributed by atoms with Gasteiger partial charge >= 0.3 is 0 Å². The molecule has 134 valence electrons. The van der Waals surface area contributed by atoms with Crippen LogP contribution < -0.4 is 5.32 Å². The van der Waals surface area contributed by atoms with E-state index in [0.29, 0.717) is 30.5 Å². The summed E-state index contributed by atoms with van der Waals surface area (Å²) < 4.78 is 7.43. The lowest BCUT2D eigenvalue weighted by Gasteiger charge is -2.30. The number of rotatable bonds is 4. The van der Waals surface area contributed by atoms with E-state index < -0.39 is 0 Å². The van der Waals surface area contributed by atoms with E-state index in [1.165, 1.54) is 0 Å². The summed E-state index contributed by atoms with van der Waals surface area (Å²) in [6.07, 6.45) is 5.45. The largest absolute Gasteiger partial charge is 0.381 e. The van der Waals surface area contributed by atoms with Crippen molar-refractivity contribution in [3.63, 3.8) is 0 Å². The summed E-state index contributed by atoms with van der Waals surface area (Å²) in [5.41, 5.74) is 2.65. The molecule has 0 aromatic carbocycles. The second-order valence-electron chi connectivity index (χ2n) is 6.63. The molecule has 3 heterocycles. The van der Waals surface area contributed by atoms with Crippen molar-refractivity contribution < 1.29 is 9.53 Å². The molecule has 0 unspecified atom stereocenters. The second kappa shape index (κ2) is 7.31. The van der Waals surface area contributed by atoms with Gasteiger partial charge in [0, 0.05) is 32.7 Å². The van der Waals surface area contributed by atoms with Crippen LogP contribution in [0.1, 0.15) is 52.3 Å². The molecule has 0 spiro atoms. The molecule has 2 aromatic rings. The molecule has 1 aliphatic rings. The molecule has 1 saturated heterocycles. The minimum absolute atomic E-state index is 0.167. The Bertz CT molecular complexity index is 765. The Labute approximate surface area is 147 Å². The smallest absolute Gasteiger partial charge is 0.272 e. The van der Waals surface area contributed by atoms with Crippen molar-refractivity contribution in [2.75, 3.05) is 13.2 Å². The van der Waals surface area contributed by atoms with Crippen LogP contribution in [0.5, 0.6) is 0 Å². The van der Waals surface area contributed by atoms with Crippen molar-refractivity contribution in [3.05, 3.63) is 41.0 Å². The third-order valence-corrected chi connectivity index (χ3v) is 4.86. The van der Waals surface area contributed by atoms with Crippen molar-refractivity contribution in [3.8, 4) is 0 Å². The van der Waals surface area contributed by atoms with Crippen LogP contribution in [0.3, 0.4) is 0 Å². The van der Waals surface area contributed by atoms with Gasteiger partial charge in [0.05, 0.1) is 23.1 Å². The minimum Gasteiger partial charge on any atom is -0.381 e. The molecule has 1 fully saturated rings. The number of hydrogen-bond donors (Lipinski definition) is 1. The van der Waals surface area contributed by atoms with E-state index in [1.807, 2.05) is 38.6 Å². The Balaban J connectivity index is 1.88. The number of ether oxygens (including phenoxy) is 1. The van der Waals surface area contributed by atoms with Crippen LogP contribution in [0.2, 0.25) is 0 Å². The molecular formula is C18H25N5O2. The highest BCUT2D eigenvalue weighted by atomic mass is 16.5. The summed E-state index contributed by atoms with van der Waals surface area (Å²) in [5, 5.41) is 3.15. The van der Waals surface area contributed by atoms with Gasteiger partial charge in [0.25, 0.3) is 5.91 Å². The lowest BCUT2D eigenvalue weighted by atomic mass is 9.91. The minimum atomic E-state index is -0.201. The number of nitrogens with zero attached hydrogens (tertiary/aromatic N) is 4. The summed E-state index contributed by atoms with van der Waals surface area (Å²) in [4.78, 5) is 26.2. The van der Waals surface area contributed by atoms with Crippen LogP contribution in [0, 0.1) is 26.7 Å². The van der Waals surface area contributed by atoms with E-state index >= 15 is 0 Å². The number of hydrogen-bond acceptors (Lipinski definition) is 5. The summed E-state index contributed by atoms with van der Waals surface area (Å²) in [5.74, 6) is 0.945. The molecule has 0 radical (unpaired) electrons. The Morgan fingerprint density at radius 3 is 2.52 bits per heavy atom. The number of carbonyl (C=O) groups is 1. The number of carbonyl (C=O) groups excluding carboxylic acids is 1. The van der Waals surface area contributed by atoms with Gasteiger partial charge in [0.1, 0.15) is 11.5 Å². The van der Waals surface area contributed by atoms with Gasteiger partial charge in [-0.3, -0.25) is 9.78 Å². The lowest BCUT2D eigenvalue weighted by molar-refractivity contribution is 0.0498. The van der Waals surface area contributed by atoms with Crippen LogP contribution in [-0.2, 0) is 11.8 Å². The van der Waals surface area contributed by atoms with E-state index in [-0.39, 0.29) is 11.9 Å². The first-order chi connectivity index (χ1) is 12.0. The summed E-state index contributed by atoms with van der Waals surface area (Å²) in [7, 11) is 1.95. The fourth-order valence-electron chi connectivity index (χ4n) is 3.26. The molecule has 7 nitrogen and oxygen atoms in total. The van der Waals surface area contributed by atoms with E-state index in [1.54, 1.807) is 6.20 Å². The molecule has 25 heavy (non-hydrogen) atoms. The third-order valence-electron chi connectivity index (χ3n) is 4.86. The van der Waals surface area contributed by atoms with Gasteiger partial charge < -0.3 is 14.6 Å². The normalized spacial score (nSPS) is 16.6. The number of imidazole rings is 1. The highest BCUT2D eigenvalue weighted by molar-refractivity contribution is 5.93. The Kier molecular flexibility index (Phi) is 5.13. The lowest BCUT2D eigenvalue weighted by Crippen LogP contribution is -2.38. The molecule has 2 aromatic heterocycles. The first kappa shape index (κ1) is 17.5. The number of amides is 1. The maximum atomic E-state index is 12.9. The summed E-state index contributed by atoms with van der Waals surface area (Å²) in [6.45, 7) is 7.01. The molecule has 3 rings (SSSR count). The van der Waals surface area contributed by atoms with E-state index in [0.717, 1.165) is 30.1 Å². The molecule has 1 amide bonds. The fraction of sp³-hybridized carbons (Fsp3) is 0.556. The predicted octanol–water partition coefficient (Wildman–Crippen LogP) is 2.03. The third kappa shape index (κ3) is 3.71. The van der Waals surface area contributed by atoms with Gasteiger partial charge in [0.15, 0.2) is 0 Å². The molecule has 1 aliphatic heterocycles. The highest BCUT2D eigenvalue weighted by Crippen LogP contribution is 2.29. The fourth-order valence-corrected chi connectivity index (χ4v) is 3.26. The zero-order valence-corrected chi connectivity index (χ0v) is 15.2. The quantitative estimate of drug-likeness (QED) is 0.918. The summed E-state index contributed by atoms with van der Waals surface area (Å²) in [6, 6.07) is -0.167. The average Bonchev–Trinajstić information content (AvgIpc) is 3.02. The van der Waals surface area contributed by atoms with Crippen molar-refractivity contribution >= 4 is 5.91 Å². The van der Waals surface area contributed by atoms with Crippen LogP contribution in [0.4, 0.5) is 0 Å². The SMILES string of the molecule is Cc1nc(C)c(C(=O)N[C@H](c2nccn2C)C2CCOCC2)nc1C. The molecule has 0 bridgehead atoms. The maximum absolute atomic E-state index is 12.9. The van der Waals surface area contributed by atoms with Gasteiger partial charge in [0.2, 0.25) is 0 Å². The summed E-state index contributed by atoms with van der Waals surface area (Å²) >= 11 is 0. The molecule has 0 saturated carbocycles. The molecule has 7 heteroatoms. The van der Waals surface area contributed by atoms with Crippen molar-refractivity contribution in [2.45, 2.75) is 39.7 Å². The number of aromatic nitrogens is 4. The van der Waals surface area contributed by atoms with Crippen LogP contribution in [0.25, 0.3) is 0 Å². The molecular weight excluding hydrogens is 318 g/mol. The topological polar surface area (TPSA) is 81.9 Å². The molecule has 1 atom stereocenters. The standard InChI is InChI=1S/C18H25N5O2/c1-11-12(2)21-15(13(3)20-11)18(24)22-16(14-5-9-25-10-6-14)17-19-7-8-23(17)4/h7-8,14,16H,5-6,9-10H2,1-4H3,(H,22,24)/t16-/m0/s1. The highest BCUT2D eigenvalue weighted by Gasteiger charge is 2.30. The van der Waals surface area contributed by atoms with Gasteiger partial charge in [-0.1, -0.05) is 0 Å². The van der Waals surface area contributed by atoms with Crippen molar-refractivity contribution in [1.29, 1.82) is 0 Å². The first-order valence-electron chi connectivity index (χ1n) is 8.65. The average molecular weight is 343 g/mol. The maximum Gasteiger partial charge on any atom is 0.272 e. The van der Waals surface area contributed by atoms with Gasteiger partial charge in [-0.25, -0.2) is 9.97 Å². The van der Waals surface area contributed by atoms with Crippen LogP contribution in [-0.4, -0.2) is 38.6 Å². The number of nitrogens with one attached hydrogen (secondary N) is 1. The Morgan fingerprint density at radius 1 is 1.20 bits per heavy atom. The second-order valence-corrected chi connectivity index (χ2v) is 6.63. The van der Waals surface area contributed by atoms with E-state index in [4.69, 9.17) is 4.74 Å². The van der Waals surface area contributed by atoms with E-state index in [9.17, 15) is 4.79 Å². The van der Waals surface area contributed by atoms with Crippen LogP contribution in [0.15, 0.2) is 12.4 Å². The Morgan fingerprint density at radius 2 is 1.88 bits per heavy atom. The zero-order valence-electron chi connectivity index (χ0n) is 15.2. The number of aryl methyl sites for hydroxylation is 4. The van der Waals surface area contributed by atoms with E-state index in [2.05, 4.69) is 20.3 Å². The first-order valence-corrected chi connectivity index (χ1v) is 8.65. The van der Waals surface area contributed by atoms with Gasteiger partial charge in [-0.15, -0.1) is 0 Å². The van der Waals surface area contributed by atoms with Gasteiger partial charge in [-0.05, 0) is 39.5 Å². The predicted molar refractivity (Wildman–Crippen MR) is 93.2 cm³/mol. The molecule has 0 aliphatic carbocycles.